The molecule has 1 N–H and O–H groups in total. The number of hydrogen-bond acceptors (Lipinski definition) is 5. The van der Waals surface area contributed by atoms with Gasteiger partial charge in [-0.1, -0.05) is 47.8 Å². The molecule has 7 nitrogen and oxygen atoms in total. The quantitative estimate of drug-likeness (QED) is 0.379. The summed E-state index contributed by atoms with van der Waals surface area (Å²) in [5.74, 6) is -5.30. The maximum atomic E-state index is 14.3. The number of likely N-dealkylation sites (tertiary alicyclic amines) is 1. The minimum Gasteiger partial charge on any atom is -0.508 e. The highest BCUT2D eigenvalue weighted by atomic mass is 35.5. The molecular weight excluding hydrogens is 558 g/mol. The van der Waals surface area contributed by atoms with Gasteiger partial charge in [0.15, 0.2) is 0 Å². The fourth-order valence-corrected chi connectivity index (χ4v) is 7.95. The topological polar surface area (TPSA) is 95.0 Å². The van der Waals surface area contributed by atoms with Crippen molar-refractivity contribution in [2.45, 2.75) is 39.0 Å². The van der Waals surface area contributed by atoms with E-state index in [1.165, 1.54) is 29.2 Å². The van der Waals surface area contributed by atoms with E-state index in [-0.39, 0.29) is 39.7 Å². The van der Waals surface area contributed by atoms with Crippen LogP contribution in [-0.4, -0.2) is 40.2 Å². The zero-order valence-corrected chi connectivity index (χ0v) is 23.4. The van der Waals surface area contributed by atoms with Gasteiger partial charge in [0.05, 0.1) is 33.9 Å². The number of nitrogens with zero attached hydrogens (tertiary/aromatic N) is 2. The molecule has 3 fully saturated rings. The van der Waals surface area contributed by atoms with Gasteiger partial charge in [-0.05, 0) is 68.0 Å². The first-order chi connectivity index (χ1) is 19.0. The molecule has 0 radical (unpaired) electrons. The summed E-state index contributed by atoms with van der Waals surface area (Å²) in [7, 11) is 0. The molecular formula is C30H27Cl2FN2O5. The Kier molecular flexibility index (Phi) is 6.35. The van der Waals surface area contributed by atoms with Gasteiger partial charge in [-0.2, -0.15) is 0 Å². The lowest BCUT2D eigenvalue weighted by atomic mass is 9.51. The van der Waals surface area contributed by atoms with Crippen molar-refractivity contribution < 1.29 is 28.7 Å². The first-order valence-electron chi connectivity index (χ1n) is 13.4. The Morgan fingerprint density at radius 1 is 1.00 bits per heavy atom. The zero-order chi connectivity index (χ0) is 28.7. The maximum absolute atomic E-state index is 14.3. The molecule has 40 heavy (non-hydrogen) atoms. The van der Waals surface area contributed by atoms with Crippen molar-refractivity contribution in [2.24, 2.45) is 29.1 Å². The number of imide groups is 2. The van der Waals surface area contributed by atoms with E-state index in [0.29, 0.717) is 24.9 Å². The smallest absolute Gasteiger partial charge is 0.241 e. The molecule has 6 atom stereocenters. The number of amides is 4. The fraction of sp³-hybridized carbons (Fsp3) is 0.400. The van der Waals surface area contributed by atoms with Gasteiger partial charge in [0.2, 0.25) is 23.6 Å². The van der Waals surface area contributed by atoms with Gasteiger partial charge < -0.3 is 5.11 Å². The molecule has 0 aromatic heterocycles. The Morgan fingerprint density at radius 2 is 1.75 bits per heavy atom. The lowest BCUT2D eigenvalue weighted by molar-refractivity contribution is -0.140. The number of rotatable bonds is 4. The third-order valence-electron chi connectivity index (χ3n) is 9.27. The first-order valence-corrected chi connectivity index (χ1v) is 14.1. The predicted molar refractivity (Wildman–Crippen MR) is 146 cm³/mol. The summed E-state index contributed by atoms with van der Waals surface area (Å²) < 4.78 is 14.0. The fourth-order valence-electron chi connectivity index (χ4n) is 7.49. The van der Waals surface area contributed by atoms with E-state index in [9.17, 15) is 28.7 Å². The highest BCUT2D eigenvalue weighted by molar-refractivity contribution is 6.32. The van der Waals surface area contributed by atoms with Crippen LogP contribution in [0.1, 0.15) is 44.6 Å². The highest BCUT2D eigenvalue weighted by Crippen LogP contribution is 2.64. The van der Waals surface area contributed by atoms with Crippen LogP contribution in [-0.2, 0) is 19.2 Å². The molecule has 2 aromatic rings. The molecule has 10 heteroatoms. The van der Waals surface area contributed by atoms with Crippen LogP contribution in [0.3, 0.4) is 0 Å². The molecule has 6 unspecified atom stereocenters. The summed E-state index contributed by atoms with van der Waals surface area (Å²) in [5, 5.41) is 10.1. The molecule has 6 rings (SSSR count). The second-order valence-electron chi connectivity index (χ2n) is 11.3. The number of phenols is 1. The minimum absolute atomic E-state index is 0.0521. The number of anilines is 1. The molecule has 208 valence electrons. The standard InChI is InChI=1S/C30H27Cl2FN2O5/c1-3-10-34-26(37)18-8-7-16-19(24(18)28(34)39)13-20-27(38)35(14-4-9-23(33)22(32)11-14)29(40)30(20,2)25(16)17-6-5-15(36)12-21(17)31/h4-7,9,11-12,18-20,24-25,36H,3,8,10,13H2,1-2H3. The van der Waals surface area contributed by atoms with E-state index in [1.54, 1.807) is 13.0 Å². The van der Waals surface area contributed by atoms with Crippen LogP contribution in [0.4, 0.5) is 10.1 Å². The summed E-state index contributed by atoms with van der Waals surface area (Å²) in [5.41, 5.74) is 0.197. The van der Waals surface area contributed by atoms with Crippen LogP contribution >= 0.6 is 23.2 Å². The molecule has 4 aliphatic rings. The second kappa shape index (κ2) is 9.42. The maximum Gasteiger partial charge on any atom is 0.241 e. The Balaban J connectivity index is 1.52. The Hall–Kier alpha value is -3.23. The van der Waals surface area contributed by atoms with Gasteiger partial charge >= 0.3 is 0 Å². The SMILES string of the molecule is CCCN1C(=O)C2CC=C3C(CC4C(=O)N(c5ccc(F)c(Cl)c5)C(=O)C4(C)C3c3ccc(O)cc3Cl)C2C1=O. The number of halogens is 3. The van der Waals surface area contributed by atoms with Gasteiger partial charge in [0, 0.05) is 17.5 Å². The molecule has 0 bridgehead atoms. The van der Waals surface area contributed by atoms with E-state index < -0.39 is 52.6 Å². The van der Waals surface area contributed by atoms with Crippen molar-refractivity contribution in [1.82, 2.24) is 4.90 Å². The molecule has 1 saturated carbocycles. The lowest BCUT2D eigenvalue weighted by Gasteiger charge is -2.49. The second-order valence-corrected chi connectivity index (χ2v) is 12.1. The Morgan fingerprint density at radius 3 is 2.42 bits per heavy atom. The Labute approximate surface area is 240 Å². The van der Waals surface area contributed by atoms with Gasteiger partial charge in [0.25, 0.3) is 0 Å². The largest absolute Gasteiger partial charge is 0.508 e. The summed E-state index contributed by atoms with van der Waals surface area (Å²) in [6.45, 7) is 3.96. The first kappa shape index (κ1) is 27.0. The van der Waals surface area contributed by atoms with Gasteiger partial charge in [-0.25, -0.2) is 9.29 Å². The average molecular weight is 585 g/mol. The molecule has 2 aliphatic heterocycles. The van der Waals surface area contributed by atoms with Crippen molar-refractivity contribution in [3.05, 3.63) is 69.5 Å². The van der Waals surface area contributed by atoms with Gasteiger partial charge in [-0.3, -0.25) is 24.1 Å². The molecule has 4 amide bonds. The van der Waals surface area contributed by atoms with E-state index in [0.717, 1.165) is 16.5 Å². The van der Waals surface area contributed by atoms with Crippen molar-refractivity contribution in [3.63, 3.8) is 0 Å². The van der Waals surface area contributed by atoms with E-state index in [4.69, 9.17) is 23.2 Å². The monoisotopic (exact) mass is 584 g/mol. The van der Waals surface area contributed by atoms with Crippen LogP contribution in [0.25, 0.3) is 0 Å². The van der Waals surface area contributed by atoms with Crippen molar-refractivity contribution in [1.29, 1.82) is 0 Å². The van der Waals surface area contributed by atoms with E-state index in [1.807, 2.05) is 13.0 Å². The summed E-state index contributed by atoms with van der Waals surface area (Å²) in [6.07, 6.45) is 3.12. The number of benzene rings is 2. The summed E-state index contributed by atoms with van der Waals surface area (Å²) >= 11 is 12.7. The van der Waals surface area contributed by atoms with Crippen LogP contribution in [0.5, 0.6) is 5.75 Å². The number of fused-ring (bicyclic) bond motifs is 4. The average Bonchev–Trinajstić information content (AvgIpc) is 3.27. The van der Waals surface area contributed by atoms with E-state index in [2.05, 4.69) is 0 Å². The number of phenolic OH excluding ortho intramolecular Hbond substituents is 1. The number of carbonyl (C=O) groups excluding carboxylic acids is 4. The third-order valence-corrected chi connectivity index (χ3v) is 9.89. The number of allylic oxidation sites excluding steroid dienone is 2. The molecule has 2 heterocycles. The molecule has 2 saturated heterocycles. The Bertz CT molecular complexity index is 1530. The van der Waals surface area contributed by atoms with Crippen LogP contribution in [0.2, 0.25) is 10.0 Å². The summed E-state index contributed by atoms with van der Waals surface area (Å²) in [6, 6.07) is 8.19. The van der Waals surface area contributed by atoms with Crippen LogP contribution in [0, 0.1) is 34.9 Å². The number of carbonyl (C=O) groups is 4. The minimum atomic E-state index is -1.30. The predicted octanol–water partition coefficient (Wildman–Crippen LogP) is 5.48. The van der Waals surface area contributed by atoms with Gasteiger partial charge in [0.1, 0.15) is 11.6 Å². The molecule has 2 aliphatic carbocycles. The number of aromatic hydroxyl groups is 1. The summed E-state index contributed by atoms with van der Waals surface area (Å²) in [4.78, 5) is 57.6. The van der Waals surface area contributed by atoms with Crippen LogP contribution < -0.4 is 4.90 Å². The highest BCUT2D eigenvalue weighted by Gasteiger charge is 2.67. The third kappa shape index (κ3) is 3.61. The van der Waals surface area contributed by atoms with Gasteiger partial charge in [-0.15, -0.1) is 0 Å². The molecule has 0 spiro atoms. The number of hydrogen-bond donors (Lipinski definition) is 1. The van der Waals surface area contributed by atoms with Crippen molar-refractivity contribution >= 4 is 52.5 Å². The van der Waals surface area contributed by atoms with E-state index >= 15 is 0 Å². The normalized spacial score (nSPS) is 31.3. The molecule has 2 aromatic carbocycles. The van der Waals surface area contributed by atoms with Crippen molar-refractivity contribution in [2.75, 3.05) is 11.4 Å². The lowest BCUT2D eigenvalue weighted by Crippen LogP contribution is -2.49. The van der Waals surface area contributed by atoms with Crippen LogP contribution in [0.15, 0.2) is 48.0 Å². The van der Waals surface area contributed by atoms with Crippen molar-refractivity contribution in [3.8, 4) is 5.75 Å². The zero-order valence-electron chi connectivity index (χ0n) is 21.9.